The van der Waals surface area contributed by atoms with Gasteiger partial charge in [-0.15, -0.1) is 0 Å². The zero-order valence-electron chi connectivity index (χ0n) is 13.2. The van der Waals surface area contributed by atoms with Crippen molar-refractivity contribution >= 4 is 5.91 Å². The molecule has 6 nitrogen and oxygen atoms in total. The molecule has 6 heteroatoms. The van der Waals surface area contributed by atoms with Crippen molar-refractivity contribution < 1.29 is 14.1 Å². The van der Waals surface area contributed by atoms with Gasteiger partial charge in [0.2, 0.25) is 11.7 Å². The van der Waals surface area contributed by atoms with Crippen LogP contribution in [0.15, 0.2) is 28.8 Å². The van der Waals surface area contributed by atoms with Gasteiger partial charge < -0.3 is 15.0 Å². The molecule has 1 aromatic carbocycles. The standard InChI is InChI=1S/C17H21N3O3/c1-2-22-17(9-3-4-10-17)16-19-15(20-23-16)13-7-5-12(6-8-13)11-14(18)21/h5-8H,2-4,9-11H2,1H3,(H2,18,21). The van der Waals surface area contributed by atoms with E-state index < -0.39 is 5.60 Å². The number of benzene rings is 1. The van der Waals surface area contributed by atoms with Crippen molar-refractivity contribution in [3.8, 4) is 11.4 Å². The SMILES string of the molecule is CCOC1(c2nc(-c3ccc(CC(N)=O)cc3)no2)CCCC1. The zero-order chi connectivity index (χ0) is 16.3. The summed E-state index contributed by atoms with van der Waals surface area (Å²) in [5.74, 6) is 0.754. The highest BCUT2D eigenvalue weighted by molar-refractivity contribution is 5.76. The van der Waals surface area contributed by atoms with Gasteiger partial charge in [0, 0.05) is 12.2 Å². The Hall–Kier alpha value is -2.21. The van der Waals surface area contributed by atoms with Crippen LogP contribution in [0.5, 0.6) is 0 Å². The summed E-state index contributed by atoms with van der Waals surface area (Å²) in [6.07, 6.45) is 4.28. The Labute approximate surface area is 135 Å². The molecule has 1 fully saturated rings. The minimum atomic E-state index is -0.425. The van der Waals surface area contributed by atoms with Crippen LogP contribution in [0.2, 0.25) is 0 Å². The van der Waals surface area contributed by atoms with E-state index in [-0.39, 0.29) is 12.3 Å². The molecule has 0 unspecified atom stereocenters. The summed E-state index contributed by atoms with van der Waals surface area (Å²) in [5.41, 5.74) is 6.49. The first-order valence-electron chi connectivity index (χ1n) is 7.99. The number of ether oxygens (including phenoxy) is 1. The molecule has 1 saturated carbocycles. The molecule has 1 aliphatic rings. The molecule has 0 aliphatic heterocycles. The Kier molecular flexibility index (Phi) is 4.43. The topological polar surface area (TPSA) is 91.2 Å². The minimum Gasteiger partial charge on any atom is -0.369 e. The molecule has 0 atom stereocenters. The maximum atomic E-state index is 10.9. The van der Waals surface area contributed by atoms with E-state index in [0.717, 1.165) is 36.8 Å². The van der Waals surface area contributed by atoms with Crippen molar-refractivity contribution in [3.05, 3.63) is 35.7 Å². The van der Waals surface area contributed by atoms with Gasteiger partial charge in [0.05, 0.1) is 6.42 Å². The molecule has 0 spiro atoms. The Bertz CT molecular complexity index is 673. The molecule has 1 aromatic heterocycles. The van der Waals surface area contributed by atoms with Gasteiger partial charge in [0.25, 0.3) is 5.89 Å². The second-order valence-corrected chi connectivity index (χ2v) is 5.90. The largest absolute Gasteiger partial charge is 0.369 e. The van der Waals surface area contributed by atoms with Crippen LogP contribution in [0, 0.1) is 0 Å². The van der Waals surface area contributed by atoms with E-state index in [1.54, 1.807) is 0 Å². The van der Waals surface area contributed by atoms with Gasteiger partial charge in [-0.25, -0.2) is 0 Å². The summed E-state index contributed by atoms with van der Waals surface area (Å²) in [6.45, 7) is 2.61. The number of nitrogens with two attached hydrogens (primary N) is 1. The maximum Gasteiger partial charge on any atom is 0.259 e. The van der Waals surface area contributed by atoms with Crippen molar-refractivity contribution in [3.63, 3.8) is 0 Å². The van der Waals surface area contributed by atoms with Crippen LogP contribution in [0.1, 0.15) is 44.1 Å². The predicted octanol–water partition coefficient (Wildman–Crippen LogP) is 2.57. The molecule has 0 radical (unpaired) electrons. The van der Waals surface area contributed by atoms with E-state index in [4.69, 9.17) is 15.0 Å². The minimum absolute atomic E-state index is 0.227. The Morgan fingerprint density at radius 2 is 2.00 bits per heavy atom. The summed E-state index contributed by atoms with van der Waals surface area (Å²) in [6, 6.07) is 7.44. The lowest BCUT2D eigenvalue weighted by Gasteiger charge is -2.24. The van der Waals surface area contributed by atoms with Crippen molar-refractivity contribution in [2.24, 2.45) is 5.73 Å². The average Bonchev–Trinajstić information content (AvgIpc) is 3.17. The van der Waals surface area contributed by atoms with Crippen molar-refractivity contribution in [2.45, 2.75) is 44.6 Å². The fourth-order valence-corrected chi connectivity index (χ4v) is 3.14. The Morgan fingerprint density at radius 1 is 1.30 bits per heavy atom. The molecule has 0 bridgehead atoms. The third-order valence-electron chi connectivity index (χ3n) is 4.24. The summed E-state index contributed by atoms with van der Waals surface area (Å²) in [7, 11) is 0. The Balaban J connectivity index is 1.82. The van der Waals surface area contributed by atoms with Crippen molar-refractivity contribution in [1.82, 2.24) is 10.1 Å². The molecule has 122 valence electrons. The van der Waals surface area contributed by atoms with E-state index in [0.29, 0.717) is 18.3 Å². The zero-order valence-corrected chi connectivity index (χ0v) is 13.2. The Morgan fingerprint density at radius 3 is 2.61 bits per heavy atom. The van der Waals surface area contributed by atoms with E-state index in [9.17, 15) is 4.79 Å². The summed E-state index contributed by atoms with van der Waals surface area (Å²) < 4.78 is 11.4. The molecule has 23 heavy (non-hydrogen) atoms. The molecular formula is C17H21N3O3. The van der Waals surface area contributed by atoms with E-state index in [2.05, 4.69) is 10.1 Å². The number of aromatic nitrogens is 2. The molecular weight excluding hydrogens is 294 g/mol. The summed E-state index contributed by atoms with van der Waals surface area (Å²) in [4.78, 5) is 15.5. The van der Waals surface area contributed by atoms with Crippen LogP contribution in [-0.2, 0) is 21.6 Å². The van der Waals surface area contributed by atoms with Gasteiger partial charge in [-0.2, -0.15) is 4.98 Å². The lowest BCUT2D eigenvalue weighted by molar-refractivity contribution is -0.117. The van der Waals surface area contributed by atoms with Gasteiger partial charge in [-0.3, -0.25) is 4.79 Å². The molecule has 2 aromatic rings. The number of carbonyl (C=O) groups excluding carboxylic acids is 1. The monoisotopic (exact) mass is 315 g/mol. The second kappa shape index (κ2) is 6.50. The van der Waals surface area contributed by atoms with Crippen LogP contribution in [0.4, 0.5) is 0 Å². The van der Waals surface area contributed by atoms with Crippen LogP contribution >= 0.6 is 0 Å². The van der Waals surface area contributed by atoms with Crippen molar-refractivity contribution in [1.29, 1.82) is 0 Å². The number of hydrogen-bond donors (Lipinski definition) is 1. The van der Waals surface area contributed by atoms with E-state index in [1.807, 2.05) is 31.2 Å². The quantitative estimate of drug-likeness (QED) is 0.884. The maximum absolute atomic E-state index is 10.9. The van der Waals surface area contributed by atoms with Crippen LogP contribution in [-0.4, -0.2) is 22.7 Å². The fraction of sp³-hybridized carbons (Fsp3) is 0.471. The average molecular weight is 315 g/mol. The number of nitrogens with zero attached hydrogens (tertiary/aromatic N) is 2. The first kappa shape index (κ1) is 15.7. The van der Waals surface area contributed by atoms with Crippen LogP contribution < -0.4 is 5.73 Å². The third kappa shape index (κ3) is 3.27. The summed E-state index contributed by atoms with van der Waals surface area (Å²) >= 11 is 0. The highest BCUT2D eigenvalue weighted by Crippen LogP contribution is 2.41. The van der Waals surface area contributed by atoms with Gasteiger partial charge >= 0.3 is 0 Å². The highest BCUT2D eigenvalue weighted by Gasteiger charge is 2.41. The lowest BCUT2D eigenvalue weighted by Crippen LogP contribution is -2.26. The van der Waals surface area contributed by atoms with E-state index >= 15 is 0 Å². The molecule has 1 aliphatic carbocycles. The first-order valence-corrected chi connectivity index (χ1v) is 7.99. The second-order valence-electron chi connectivity index (χ2n) is 5.90. The molecule has 3 rings (SSSR count). The highest BCUT2D eigenvalue weighted by atomic mass is 16.5. The summed E-state index contributed by atoms with van der Waals surface area (Å²) in [5, 5.41) is 4.09. The lowest BCUT2D eigenvalue weighted by atomic mass is 10.0. The number of primary amides is 1. The van der Waals surface area contributed by atoms with Gasteiger partial charge in [-0.1, -0.05) is 29.4 Å². The van der Waals surface area contributed by atoms with Crippen LogP contribution in [0.3, 0.4) is 0 Å². The third-order valence-corrected chi connectivity index (χ3v) is 4.24. The smallest absolute Gasteiger partial charge is 0.259 e. The number of amides is 1. The molecule has 1 amide bonds. The number of hydrogen-bond acceptors (Lipinski definition) is 5. The predicted molar refractivity (Wildman–Crippen MR) is 84.4 cm³/mol. The van der Waals surface area contributed by atoms with Gasteiger partial charge in [0.15, 0.2) is 0 Å². The van der Waals surface area contributed by atoms with E-state index in [1.165, 1.54) is 0 Å². The fourth-order valence-electron chi connectivity index (χ4n) is 3.14. The molecule has 1 heterocycles. The molecule has 0 saturated heterocycles. The van der Waals surface area contributed by atoms with Crippen molar-refractivity contribution in [2.75, 3.05) is 6.61 Å². The van der Waals surface area contributed by atoms with Gasteiger partial charge in [-0.05, 0) is 38.2 Å². The molecule has 2 N–H and O–H groups in total. The first-order chi connectivity index (χ1) is 11.1. The number of carbonyl (C=O) groups is 1. The van der Waals surface area contributed by atoms with Gasteiger partial charge in [0.1, 0.15) is 5.60 Å². The number of rotatable bonds is 6. The normalized spacial score (nSPS) is 16.6. The van der Waals surface area contributed by atoms with Crippen LogP contribution in [0.25, 0.3) is 11.4 Å².